The average molecular weight is 386 g/mol. The number of benzene rings is 1. The van der Waals surface area contributed by atoms with Crippen LogP contribution in [0.15, 0.2) is 35.7 Å². The predicted octanol–water partition coefficient (Wildman–Crippen LogP) is 3.64. The van der Waals surface area contributed by atoms with Crippen LogP contribution >= 0.6 is 11.3 Å². The number of likely N-dealkylation sites (N-methyl/N-ethyl adjacent to an activating group) is 1. The lowest BCUT2D eigenvalue weighted by Gasteiger charge is -2.19. The van der Waals surface area contributed by atoms with E-state index in [4.69, 9.17) is 4.74 Å². The van der Waals surface area contributed by atoms with Crippen molar-refractivity contribution in [1.29, 1.82) is 0 Å². The third kappa shape index (κ3) is 6.48. The molecule has 0 radical (unpaired) electrons. The molecule has 0 spiro atoms. The Hall–Kier alpha value is -2.18. The molecule has 1 heterocycles. The van der Waals surface area contributed by atoms with E-state index in [1.807, 2.05) is 42.6 Å². The van der Waals surface area contributed by atoms with Gasteiger partial charge in [-0.3, -0.25) is 9.69 Å². The summed E-state index contributed by atoms with van der Waals surface area (Å²) < 4.78 is 5.79. The number of aryl methyl sites for hydroxylation is 1. The second-order valence-corrected chi connectivity index (χ2v) is 7.77. The fraction of sp³-hybridized carbons (Fsp3) is 0.429. The van der Waals surface area contributed by atoms with Crippen molar-refractivity contribution < 1.29 is 9.53 Å². The first-order valence-corrected chi connectivity index (χ1v) is 10.4. The molecular formula is C21H27N3O2S. The number of carbonyl (C=O) groups is 1. The largest absolute Gasteiger partial charge is 0.487 e. The molecule has 0 aliphatic heterocycles. The molecule has 1 fully saturated rings. The Morgan fingerprint density at radius 3 is 3.00 bits per heavy atom. The monoisotopic (exact) mass is 385 g/mol. The number of rotatable bonds is 10. The van der Waals surface area contributed by atoms with Crippen molar-refractivity contribution in [3.63, 3.8) is 0 Å². The van der Waals surface area contributed by atoms with Gasteiger partial charge in [-0.05, 0) is 50.1 Å². The van der Waals surface area contributed by atoms with E-state index in [9.17, 15) is 4.79 Å². The highest BCUT2D eigenvalue weighted by molar-refractivity contribution is 7.09. The topological polar surface area (TPSA) is 54.5 Å². The molecule has 1 aromatic carbocycles. The van der Waals surface area contributed by atoms with Gasteiger partial charge in [0.15, 0.2) is 0 Å². The third-order valence-electron chi connectivity index (χ3n) is 4.51. The summed E-state index contributed by atoms with van der Waals surface area (Å²) in [6.45, 7) is 7.25. The van der Waals surface area contributed by atoms with Gasteiger partial charge < -0.3 is 10.1 Å². The molecule has 1 amide bonds. The summed E-state index contributed by atoms with van der Waals surface area (Å²) in [6, 6.07) is 8.45. The van der Waals surface area contributed by atoms with E-state index in [1.54, 1.807) is 17.4 Å². The van der Waals surface area contributed by atoms with Gasteiger partial charge in [0, 0.05) is 30.6 Å². The molecule has 0 bridgehead atoms. The zero-order valence-electron chi connectivity index (χ0n) is 16.0. The molecule has 1 saturated carbocycles. The van der Waals surface area contributed by atoms with Crippen LogP contribution in [0.4, 0.5) is 0 Å². The van der Waals surface area contributed by atoms with Crippen LogP contribution in [0.3, 0.4) is 0 Å². The smallest absolute Gasteiger partial charge is 0.244 e. The Bertz CT molecular complexity index is 783. The molecular weight excluding hydrogens is 358 g/mol. The fourth-order valence-electron chi connectivity index (χ4n) is 2.93. The van der Waals surface area contributed by atoms with Crippen LogP contribution in [-0.2, 0) is 11.4 Å². The molecule has 0 atom stereocenters. The highest BCUT2D eigenvalue weighted by Gasteiger charge is 2.27. The molecule has 0 unspecified atom stereocenters. The van der Waals surface area contributed by atoms with Crippen molar-refractivity contribution in [3.8, 4) is 5.75 Å². The first kappa shape index (κ1) is 19.6. The van der Waals surface area contributed by atoms with Crippen LogP contribution in [0.2, 0.25) is 0 Å². The highest BCUT2D eigenvalue weighted by atomic mass is 32.1. The molecule has 5 nitrogen and oxygen atoms in total. The van der Waals surface area contributed by atoms with E-state index >= 15 is 0 Å². The zero-order valence-corrected chi connectivity index (χ0v) is 16.8. The summed E-state index contributed by atoms with van der Waals surface area (Å²) in [5.41, 5.74) is 1.87. The van der Waals surface area contributed by atoms with E-state index in [0.29, 0.717) is 13.2 Å². The van der Waals surface area contributed by atoms with Crippen LogP contribution in [0.25, 0.3) is 6.08 Å². The SMILES string of the molecule is CCN(CCNC(=O)C=Cc1cccc(OCc2csc(C)n2)c1)C1CC1. The van der Waals surface area contributed by atoms with E-state index in [-0.39, 0.29) is 5.91 Å². The molecule has 144 valence electrons. The Morgan fingerprint density at radius 2 is 2.30 bits per heavy atom. The minimum absolute atomic E-state index is 0.0638. The van der Waals surface area contributed by atoms with Gasteiger partial charge in [-0.2, -0.15) is 0 Å². The lowest BCUT2D eigenvalue weighted by atomic mass is 10.2. The fourth-order valence-corrected chi connectivity index (χ4v) is 3.53. The van der Waals surface area contributed by atoms with Crippen molar-refractivity contribution >= 4 is 23.3 Å². The first-order chi connectivity index (χ1) is 13.1. The van der Waals surface area contributed by atoms with Crippen LogP contribution in [0, 0.1) is 6.92 Å². The molecule has 1 aliphatic carbocycles. The maximum Gasteiger partial charge on any atom is 0.244 e. The normalized spacial score (nSPS) is 14.0. The second kappa shape index (κ2) is 9.67. The molecule has 27 heavy (non-hydrogen) atoms. The van der Waals surface area contributed by atoms with Gasteiger partial charge in [-0.1, -0.05) is 19.1 Å². The van der Waals surface area contributed by atoms with Gasteiger partial charge in [-0.25, -0.2) is 4.98 Å². The van der Waals surface area contributed by atoms with Crippen LogP contribution < -0.4 is 10.1 Å². The highest BCUT2D eigenvalue weighted by Crippen LogP contribution is 2.25. The summed E-state index contributed by atoms with van der Waals surface area (Å²) in [5, 5.41) is 6.00. The van der Waals surface area contributed by atoms with Gasteiger partial charge in [0.05, 0.1) is 10.7 Å². The minimum Gasteiger partial charge on any atom is -0.487 e. The van der Waals surface area contributed by atoms with Crippen molar-refractivity contribution in [1.82, 2.24) is 15.2 Å². The maximum absolute atomic E-state index is 12.0. The van der Waals surface area contributed by atoms with Gasteiger partial charge >= 0.3 is 0 Å². The summed E-state index contributed by atoms with van der Waals surface area (Å²) in [5.74, 6) is 0.706. The first-order valence-electron chi connectivity index (χ1n) is 9.48. The van der Waals surface area contributed by atoms with Gasteiger partial charge in [0.25, 0.3) is 0 Å². The number of hydrogen-bond donors (Lipinski definition) is 1. The molecule has 6 heteroatoms. The number of nitrogens with zero attached hydrogens (tertiary/aromatic N) is 2. The zero-order chi connectivity index (χ0) is 19.1. The Morgan fingerprint density at radius 1 is 1.44 bits per heavy atom. The van der Waals surface area contributed by atoms with Crippen LogP contribution in [-0.4, -0.2) is 41.5 Å². The molecule has 2 aromatic rings. The Kier molecular flexibility index (Phi) is 7.01. The number of nitrogens with one attached hydrogen (secondary N) is 1. The molecule has 1 aliphatic rings. The van der Waals surface area contributed by atoms with Crippen LogP contribution in [0.5, 0.6) is 5.75 Å². The van der Waals surface area contributed by atoms with E-state index in [1.165, 1.54) is 12.8 Å². The van der Waals surface area contributed by atoms with E-state index in [0.717, 1.165) is 41.1 Å². The van der Waals surface area contributed by atoms with Gasteiger partial charge in [-0.15, -0.1) is 11.3 Å². The van der Waals surface area contributed by atoms with E-state index < -0.39 is 0 Å². The summed E-state index contributed by atoms with van der Waals surface area (Å²) >= 11 is 1.62. The predicted molar refractivity (Wildman–Crippen MR) is 110 cm³/mol. The molecule has 0 saturated heterocycles. The van der Waals surface area contributed by atoms with Gasteiger partial charge in [0.1, 0.15) is 12.4 Å². The molecule has 3 rings (SSSR count). The molecule has 1 N–H and O–H groups in total. The van der Waals surface area contributed by atoms with Crippen molar-refractivity contribution in [2.75, 3.05) is 19.6 Å². The maximum atomic E-state index is 12.0. The quantitative estimate of drug-likeness (QED) is 0.635. The number of aromatic nitrogens is 1. The standard InChI is InChI=1S/C21H27N3O2S/c1-3-24(19-8-9-19)12-11-22-21(25)10-7-17-5-4-6-20(13-17)26-14-18-15-27-16(2)23-18/h4-7,10,13,15,19H,3,8-9,11-12,14H2,1-2H3,(H,22,25). The number of hydrogen-bond acceptors (Lipinski definition) is 5. The van der Waals surface area contributed by atoms with Crippen molar-refractivity contribution in [3.05, 3.63) is 52.0 Å². The minimum atomic E-state index is -0.0638. The number of amides is 1. The van der Waals surface area contributed by atoms with Crippen LogP contribution in [0.1, 0.15) is 36.0 Å². The lowest BCUT2D eigenvalue weighted by Crippen LogP contribution is -2.35. The van der Waals surface area contributed by atoms with Crippen molar-refractivity contribution in [2.45, 2.75) is 39.3 Å². The third-order valence-corrected chi connectivity index (χ3v) is 5.33. The molecule has 1 aromatic heterocycles. The summed E-state index contributed by atoms with van der Waals surface area (Å²) in [4.78, 5) is 18.8. The van der Waals surface area contributed by atoms with E-state index in [2.05, 4.69) is 22.1 Å². The summed E-state index contributed by atoms with van der Waals surface area (Å²) in [6.07, 6.45) is 5.98. The lowest BCUT2D eigenvalue weighted by molar-refractivity contribution is -0.116. The number of thiazole rings is 1. The average Bonchev–Trinajstić information content (AvgIpc) is 3.43. The number of ether oxygens (including phenoxy) is 1. The van der Waals surface area contributed by atoms with Crippen molar-refractivity contribution in [2.24, 2.45) is 0 Å². The van der Waals surface area contributed by atoms with Gasteiger partial charge in [0.2, 0.25) is 5.91 Å². The Balaban J connectivity index is 1.44. The Labute approximate surface area is 165 Å². The second-order valence-electron chi connectivity index (χ2n) is 6.70. The number of carbonyl (C=O) groups excluding carboxylic acids is 1. The summed E-state index contributed by atoms with van der Waals surface area (Å²) in [7, 11) is 0.